The van der Waals surface area contributed by atoms with E-state index in [1.54, 1.807) is 6.92 Å². The van der Waals surface area contributed by atoms with Crippen molar-refractivity contribution in [2.75, 3.05) is 6.61 Å². The Hall–Kier alpha value is -1.31. The van der Waals surface area contributed by atoms with Gasteiger partial charge in [0.1, 0.15) is 11.5 Å². The summed E-state index contributed by atoms with van der Waals surface area (Å²) in [6, 6.07) is 5.85. The van der Waals surface area contributed by atoms with Crippen LogP contribution in [0.5, 0.6) is 5.75 Å². The van der Waals surface area contributed by atoms with Crippen molar-refractivity contribution >= 4 is 5.78 Å². The molecule has 0 aliphatic rings. The summed E-state index contributed by atoms with van der Waals surface area (Å²) in [7, 11) is 0. The first kappa shape index (κ1) is 10.8. The van der Waals surface area contributed by atoms with Gasteiger partial charge in [0.25, 0.3) is 0 Å². The van der Waals surface area contributed by atoms with E-state index < -0.39 is 0 Å². The molecule has 1 aromatic carbocycles. The summed E-state index contributed by atoms with van der Waals surface area (Å²) in [5.74, 6) is 1.06. The van der Waals surface area contributed by atoms with Gasteiger partial charge in [-0.25, -0.2) is 0 Å². The largest absolute Gasteiger partial charge is 0.494 e. The van der Waals surface area contributed by atoms with E-state index in [-0.39, 0.29) is 5.78 Å². The van der Waals surface area contributed by atoms with Crippen LogP contribution in [0.1, 0.15) is 25.0 Å². The molecule has 0 radical (unpaired) electrons. The van der Waals surface area contributed by atoms with E-state index in [1.165, 1.54) is 0 Å². The molecule has 1 rings (SSSR count). The fraction of sp³-hybridized carbons (Fsp3) is 0.417. The van der Waals surface area contributed by atoms with Crippen molar-refractivity contribution in [2.24, 2.45) is 0 Å². The van der Waals surface area contributed by atoms with Crippen LogP contribution in [-0.4, -0.2) is 12.4 Å². The highest BCUT2D eigenvalue weighted by molar-refractivity contribution is 5.78. The maximum Gasteiger partial charge on any atom is 0.134 e. The number of benzene rings is 1. The molecule has 0 spiro atoms. The fourth-order valence-corrected chi connectivity index (χ4v) is 1.39. The highest BCUT2D eigenvalue weighted by atomic mass is 16.5. The first-order valence-corrected chi connectivity index (χ1v) is 4.85. The molecule has 0 fully saturated rings. The smallest absolute Gasteiger partial charge is 0.134 e. The molecule has 0 atom stereocenters. The minimum absolute atomic E-state index is 0.192. The summed E-state index contributed by atoms with van der Waals surface area (Å²) >= 11 is 0. The van der Waals surface area contributed by atoms with Crippen LogP contribution in [0.4, 0.5) is 0 Å². The molecule has 0 saturated heterocycles. The Labute approximate surface area is 84.9 Å². The third kappa shape index (κ3) is 2.87. The second-order valence-electron chi connectivity index (χ2n) is 3.40. The van der Waals surface area contributed by atoms with E-state index in [1.807, 2.05) is 32.0 Å². The Bertz CT molecular complexity index is 329. The number of carbonyl (C=O) groups is 1. The monoisotopic (exact) mass is 192 g/mol. The van der Waals surface area contributed by atoms with E-state index in [4.69, 9.17) is 4.74 Å². The van der Waals surface area contributed by atoms with Crippen LogP contribution in [0, 0.1) is 6.92 Å². The van der Waals surface area contributed by atoms with E-state index in [0.29, 0.717) is 13.0 Å². The molecule has 2 nitrogen and oxygen atoms in total. The second-order valence-corrected chi connectivity index (χ2v) is 3.40. The lowest BCUT2D eigenvalue weighted by molar-refractivity contribution is -0.116. The molecule has 0 saturated carbocycles. The number of rotatable bonds is 4. The predicted molar refractivity (Wildman–Crippen MR) is 56.7 cm³/mol. The molecule has 2 heteroatoms. The first-order valence-electron chi connectivity index (χ1n) is 4.85. The normalized spacial score (nSPS) is 9.93. The number of hydrogen-bond donors (Lipinski definition) is 0. The SMILES string of the molecule is CCOc1ccc(CC(C)=O)c(C)c1. The van der Waals surface area contributed by atoms with Gasteiger partial charge in [-0.15, -0.1) is 0 Å². The number of ether oxygens (including phenoxy) is 1. The Morgan fingerprint density at radius 3 is 2.64 bits per heavy atom. The van der Waals surface area contributed by atoms with Gasteiger partial charge < -0.3 is 4.74 Å². The molecule has 0 amide bonds. The van der Waals surface area contributed by atoms with Crippen molar-refractivity contribution in [1.82, 2.24) is 0 Å². The minimum atomic E-state index is 0.192. The van der Waals surface area contributed by atoms with Crippen molar-refractivity contribution in [3.63, 3.8) is 0 Å². The summed E-state index contributed by atoms with van der Waals surface area (Å²) < 4.78 is 5.36. The predicted octanol–water partition coefficient (Wildman–Crippen LogP) is 2.53. The number of ketones is 1. The quantitative estimate of drug-likeness (QED) is 0.732. The minimum Gasteiger partial charge on any atom is -0.494 e. The first-order chi connectivity index (χ1) is 6.63. The number of hydrogen-bond acceptors (Lipinski definition) is 2. The molecule has 14 heavy (non-hydrogen) atoms. The van der Waals surface area contributed by atoms with Crippen LogP contribution in [0.25, 0.3) is 0 Å². The Morgan fingerprint density at radius 2 is 2.14 bits per heavy atom. The maximum absolute atomic E-state index is 10.9. The summed E-state index contributed by atoms with van der Waals surface area (Å²) in [5.41, 5.74) is 2.20. The van der Waals surface area contributed by atoms with Gasteiger partial charge in [0.05, 0.1) is 6.61 Å². The standard InChI is InChI=1S/C12H16O2/c1-4-14-12-6-5-11(8-10(3)13)9(2)7-12/h5-7H,4,8H2,1-3H3. The highest BCUT2D eigenvalue weighted by Gasteiger charge is 2.02. The molecule has 0 bridgehead atoms. The molecule has 0 heterocycles. The van der Waals surface area contributed by atoms with Crippen LogP contribution in [0.15, 0.2) is 18.2 Å². The number of carbonyl (C=O) groups excluding carboxylic acids is 1. The van der Waals surface area contributed by atoms with Gasteiger partial charge >= 0.3 is 0 Å². The van der Waals surface area contributed by atoms with Crippen molar-refractivity contribution in [2.45, 2.75) is 27.2 Å². The number of aryl methyl sites for hydroxylation is 1. The molecule has 0 aliphatic carbocycles. The maximum atomic E-state index is 10.9. The Kier molecular flexibility index (Phi) is 3.69. The third-order valence-corrected chi connectivity index (χ3v) is 2.06. The molecular formula is C12H16O2. The van der Waals surface area contributed by atoms with E-state index >= 15 is 0 Å². The van der Waals surface area contributed by atoms with E-state index in [0.717, 1.165) is 16.9 Å². The number of Topliss-reactive ketones (excluding diaryl/α,β-unsaturated/α-hetero) is 1. The fourth-order valence-electron chi connectivity index (χ4n) is 1.39. The van der Waals surface area contributed by atoms with Crippen LogP contribution >= 0.6 is 0 Å². The zero-order chi connectivity index (χ0) is 10.6. The summed E-state index contributed by atoms with van der Waals surface area (Å²) in [6.07, 6.45) is 0.512. The van der Waals surface area contributed by atoms with Crippen molar-refractivity contribution in [3.8, 4) is 5.75 Å². The lowest BCUT2D eigenvalue weighted by Gasteiger charge is -2.07. The molecule has 76 valence electrons. The molecule has 0 aromatic heterocycles. The van der Waals surface area contributed by atoms with Crippen LogP contribution in [0.3, 0.4) is 0 Å². The van der Waals surface area contributed by atoms with Gasteiger partial charge in [0.15, 0.2) is 0 Å². The van der Waals surface area contributed by atoms with Gasteiger partial charge in [0.2, 0.25) is 0 Å². The third-order valence-electron chi connectivity index (χ3n) is 2.06. The molecule has 0 unspecified atom stereocenters. The van der Waals surface area contributed by atoms with E-state index in [9.17, 15) is 4.79 Å². The van der Waals surface area contributed by atoms with Gasteiger partial charge in [-0.1, -0.05) is 6.07 Å². The molecule has 0 N–H and O–H groups in total. The van der Waals surface area contributed by atoms with Gasteiger partial charge in [0, 0.05) is 6.42 Å². The zero-order valence-electron chi connectivity index (χ0n) is 8.96. The lowest BCUT2D eigenvalue weighted by atomic mass is 10.0. The van der Waals surface area contributed by atoms with Crippen LogP contribution in [-0.2, 0) is 11.2 Å². The summed E-state index contributed by atoms with van der Waals surface area (Å²) in [6.45, 7) is 6.24. The molecule has 1 aromatic rings. The van der Waals surface area contributed by atoms with Crippen molar-refractivity contribution in [1.29, 1.82) is 0 Å². The van der Waals surface area contributed by atoms with Crippen molar-refractivity contribution in [3.05, 3.63) is 29.3 Å². The topological polar surface area (TPSA) is 26.3 Å². The molecule has 0 aliphatic heterocycles. The summed E-state index contributed by atoms with van der Waals surface area (Å²) in [5, 5.41) is 0. The average molecular weight is 192 g/mol. The van der Waals surface area contributed by atoms with Gasteiger partial charge in [-0.2, -0.15) is 0 Å². The van der Waals surface area contributed by atoms with E-state index in [2.05, 4.69) is 0 Å². The Balaban J connectivity index is 2.84. The molecular weight excluding hydrogens is 176 g/mol. The zero-order valence-corrected chi connectivity index (χ0v) is 8.96. The highest BCUT2D eigenvalue weighted by Crippen LogP contribution is 2.17. The van der Waals surface area contributed by atoms with Crippen LogP contribution in [0.2, 0.25) is 0 Å². The second kappa shape index (κ2) is 4.80. The van der Waals surface area contributed by atoms with Gasteiger partial charge in [-0.05, 0) is 44.0 Å². The summed E-state index contributed by atoms with van der Waals surface area (Å²) in [4.78, 5) is 10.9. The van der Waals surface area contributed by atoms with Crippen LogP contribution < -0.4 is 4.74 Å². The average Bonchev–Trinajstić information content (AvgIpc) is 2.10. The lowest BCUT2D eigenvalue weighted by Crippen LogP contribution is -1.99. The van der Waals surface area contributed by atoms with Gasteiger partial charge in [-0.3, -0.25) is 4.79 Å². The Morgan fingerprint density at radius 1 is 1.43 bits per heavy atom. The van der Waals surface area contributed by atoms with Crippen molar-refractivity contribution < 1.29 is 9.53 Å².